The minimum atomic E-state index is -4.28. The molecule has 1 aromatic carbocycles. The van der Waals surface area contributed by atoms with Gasteiger partial charge in [0.25, 0.3) is 10.0 Å². The second-order valence-electron chi connectivity index (χ2n) is 4.36. The molecule has 2 aromatic rings. The molecule has 0 saturated carbocycles. The number of aryl methyl sites for hydroxylation is 2. The first-order valence-corrected chi connectivity index (χ1v) is 8.19. The summed E-state index contributed by atoms with van der Waals surface area (Å²) in [6.07, 6.45) is 0. The number of nitrogens with two attached hydrogens (primary N) is 1. The van der Waals surface area contributed by atoms with Crippen molar-refractivity contribution in [3.63, 3.8) is 0 Å². The summed E-state index contributed by atoms with van der Waals surface area (Å²) in [7, 11) is -4.28. The third kappa shape index (κ3) is 3.20. The lowest BCUT2D eigenvalue weighted by Crippen LogP contribution is -2.16. The van der Waals surface area contributed by atoms with Gasteiger partial charge in [-0.3, -0.25) is 4.72 Å². The zero-order valence-electron chi connectivity index (χ0n) is 11.3. The van der Waals surface area contributed by atoms with Crippen molar-refractivity contribution in [1.82, 2.24) is 4.98 Å². The second kappa shape index (κ2) is 5.66. The van der Waals surface area contributed by atoms with E-state index >= 15 is 0 Å². The van der Waals surface area contributed by atoms with Crippen molar-refractivity contribution in [2.45, 2.75) is 25.3 Å². The van der Waals surface area contributed by atoms with Crippen LogP contribution in [0.5, 0.6) is 0 Å². The van der Waals surface area contributed by atoms with Crippen LogP contribution in [0.1, 0.15) is 16.1 Å². The van der Waals surface area contributed by atoms with Crippen molar-refractivity contribution >= 4 is 26.5 Å². The summed E-state index contributed by atoms with van der Waals surface area (Å²) >= 11 is 1.11. The van der Waals surface area contributed by atoms with E-state index in [9.17, 15) is 17.2 Å². The minimum absolute atomic E-state index is 0.1000. The molecule has 9 heteroatoms. The summed E-state index contributed by atoms with van der Waals surface area (Å²) in [4.78, 5) is 4.05. The number of rotatable bonds is 4. The number of hydrogen-bond donors (Lipinski definition) is 2. The molecule has 21 heavy (non-hydrogen) atoms. The van der Waals surface area contributed by atoms with Crippen LogP contribution in [0.3, 0.4) is 0 Å². The van der Waals surface area contributed by atoms with E-state index in [0.717, 1.165) is 28.3 Å². The first-order chi connectivity index (χ1) is 9.74. The van der Waals surface area contributed by atoms with Crippen molar-refractivity contribution in [2.75, 3.05) is 4.72 Å². The normalized spacial score (nSPS) is 11.7. The molecule has 0 aliphatic carbocycles. The number of anilines is 1. The van der Waals surface area contributed by atoms with Crippen molar-refractivity contribution in [3.8, 4) is 0 Å². The van der Waals surface area contributed by atoms with Crippen LogP contribution in [0, 0.1) is 25.5 Å². The van der Waals surface area contributed by atoms with Crippen LogP contribution < -0.4 is 10.5 Å². The van der Waals surface area contributed by atoms with Gasteiger partial charge in [-0.25, -0.2) is 22.2 Å². The van der Waals surface area contributed by atoms with Gasteiger partial charge in [-0.1, -0.05) is 0 Å². The maximum Gasteiger partial charge on any atom is 0.266 e. The largest absolute Gasteiger partial charge is 0.326 e. The third-order valence-electron chi connectivity index (χ3n) is 2.83. The zero-order valence-corrected chi connectivity index (χ0v) is 12.9. The molecule has 2 rings (SSSR count). The quantitative estimate of drug-likeness (QED) is 0.899. The van der Waals surface area contributed by atoms with Gasteiger partial charge in [0.05, 0.1) is 5.69 Å². The highest BCUT2D eigenvalue weighted by molar-refractivity contribution is 7.93. The van der Waals surface area contributed by atoms with Crippen molar-refractivity contribution in [3.05, 3.63) is 39.9 Å². The molecule has 0 radical (unpaired) electrons. The number of halogens is 2. The summed E-state index contributed by atoms with van der Waals surface area (Å²) in [5.74, 6) is -2.70. The van der Waals surface area contributed by atoms with Crippen LogP contribution in [0.15, 0.2) is 17.0 Å². The molecule has 3 N–H and O–H groups in total. The van der Waals surface area contributed by atoms with Gasteiger partial charge in [0.15, 0.2) is 16.8 Å². The second-order valence-corrected chi connectivity index (χ2v) is 7.21. The van der Waals surface area contributed by atoms with Crippen molar-refractivity contribution in [2.24, 2.45) is 5.73 Å². The smallest absolute Gasteiger partial charge is 0.266 e. The molecule has 0 unspecified atom stereocenters. The number of benzene rings is 1. The predicted octanol–water partition coefficient (Wildman–Crippen LogP) is 2.30. The van der Waals surface area contributed by atoms with E-state index in [2.05, 4.69) is 9.71 Å². The van der Waals surface area contributed by atoms with Crippen LogP contribution in [0.4, 0.5) is 13.9 Å². The molecule has 114 valence electrons. The van der Waals surface area contributed by atoms with Gasteiger partial charge < -0.3 is 5.73 Å². The van der Waals surface area contributed by atoms with E-state index in [1.54, 1.807) is 13.8 Å². The molecule has 0 aliphatic heterocycles. The number of nitrogens with zero attached hydrogens (tertiary/aromatic N) is 1. The maximum atomic E-state index is 13.7. The fourth-order valence-electron chi connectivity index (χ4n) is 1.62. The van der Waals surface area contributed by atoms with Crippen LogP contribution in [-0.4, -0.2) is 13.4 Å². The average molecular weight is 333 g/mol. The molecule has 0 bridgehead atoms. The number of aromatic nitrogens is 1. The Balaban J connectivity index is 2.46. The van der Waals surface area contributed by atoms with Gasteiger partial charge in [0, 0.05) is 11.4 Å². The Morgan fingerprint density at radius 2 is 2.00 bits per heavy atom. The molecule has 1 heterocycles. The summed E-state index contributed by atoms with van der Waals surface area (Å²) in [5, 5.41) is 0.1000. The summed E-state index contributed by atoms with van der Waals surface area (Å²) in [6, 6.07) is 1.88. The molecule has 1 aromatic heterocycles. The van der Waals surface area contributed by atoms with Gasteiger partial charge in [-0.15, -0.1) is 11.3 Å². The van der Waals surface area contributed by atoms with Gasteiger partial charge in [0.2, 0.25) is 0 Å². The van der Waals surface area contributed by atoms with Gasteiger partial charge >= 0.3 is 0 Å². The minimum Gasteiger partial charge on any atom is -0.326 e. The Labute approximate surface area is 124 Å². The lowest BCUT2D eigenvalue weighted by molar-refractivity contribution is 0.483. The van der Waals surface area contributed by atoms with Crippen LogP contribution in [0.25, 0.3) is 0 Å². The summed E-state index contributed by atoms with van der Waals surface area (Å²) in [5.41, 5.74) is 6.19. The molecular weight excluding hydrogens is 320 g/mol. The van der Waals surface area contributed by atoms with Crippen molar-refractivity contribution < 1.29 is 17.2 Å². The first-order valence-electron chi connectivity index (χ1n) is 5.89. The predicted molar refractivity (Wildman–Crippen MR) is 76.6 cm³/mol. The monoisotopic (exact) mass is 333 g/mol. The molecule has 0 amide bonds. The number of sulfonamides is 1. The van der Waals surface area contributed by atoms with Crippen LogP contribution in [-0.2, 0) is 16.6 Å². The highest BCUT2D eigenvalue weighted by Crippen LogP contribution is 2.26. The van der Waals surface area contributed by atoms with Gasteiger partial charge in [-0.05, 0) is 31.5 Å². The van der Waals surface area contributed by atoms with E-state index in [4.69, 9.17) is 5.73 Å². The molecular formula is C12H13F2N3O2S2. The van der Waals surface area contributed by atoms with Crippen LogP contribution in [0.2, 0.25) is 0 Å². The molecule has 0 saturated heterocycles. The first kappa shape index (κ1) is 15.8. The Kier molecular flexibility index (Phi) is 4.26. The van der Waals surface area contributed by atoms with Gasteiger partial charge in [-0.2, -0.15) is 0 Å². The zero-order chi connectivity index (χ0) is 15.8. The SMILES string of the molecule is Cc1nc(NS(=O)(=O)c2cc(CN)cc(F)c2F)sc1C. The van der Waals surface area contributed by atoms with E-state index < -0.39 is 26.6 Å². The molecule has 0 atom stereocenters. The fourth-order valence-corrected chi connectivity index (χ4v) is 3.80. The highest BCUT2D eigenvalue weighted by atomic mass is 32.2. The maximum absolute atomic E-state index is 13.7. The van der Waals surface area contributed by atoms with E-state index in [0.29, 0.717) is 5.69 Å². The third-order valence-corrected chi connectivity index (χ3v) is 5.29. The van der Waals surface area contributed by atoms with E-state index in [-0.39, 0.29) is 17.2 Å². The Morgan fingerprint density at radius 3 is 2.52 bits per heavy atom. The van der Waals surface area contributed by atoms with Crippen molar-refractivity contribution in [1.29, 1.82) is 0 Å². The molecule has 5 nitrogen and oxygen atoms in total. The Morgan fingerprint density at radius 1 is 1.33 bits per heavy atom. The Hall–Kier alpha value is -1.58. The lowest BCUT2D eigenvalue weighted by Gasteiger charge is -2.08. The number of nitrogens with one attached hydrogen (secondary N) is 1. The highest BCUT2D eigenvalue weighted by Gasteiger charge is 2.24. The molecule has 0 aliphatic rings. The topological polar surface area (TPSA) is 85.1 Å². The standard InChI is InChI=1S/C12H13F2N3O2S2/c1-6-7(2)20-12(16-6)17-21(18,19)10-4-8(5-15)3-9(13)11(10)14/h3-4H,5,15H2,1-2H3,(H,16,17). The summed E-state index contributed by atoms with van der Waals surface area (Å²) < 4.78 is 53.7. The number of hydrogen-bond acceptors (Lipinski definition) is 5. The molecule has 0 fully saturated rings. The lowest BCUT2D eigenvalue weighted by atomic mass is 10.2. The van der Waals surface area contributed by atoms with Gasteiger partial charge in [0.1, 0.15) is 4.90 Å². The average Bonchev–Trinajstić information content (AvgIpc) is 2.70. The van der Waals surface area contributed by atoms with E-state index in [1.165, 1.54) is 0 Å². The van der Waals surface area contributed by atoms with Crippen LogP contribution >= 0.6 is 11.3 Å². The van der Waals surface area contributed by atoms with E-state index in [1.807, 2.05) is 0 Å². The number of thiazole rings is 1. The fraction of sp³-hybridized carbons (Fsp3) is 0.250. The summed E-state index contributed by atoms with van der Waals surface area (Å²) in [6.45, 7) is 3.40. The molecule has 0 spiro atoms. The Bertz CT molecular complexity index is 769.